The third-order valence-corrected chi connectivity index (χ3v) is 4.80. The lowest BCUT2D eigenvalue weighted by Crippen LogP contribution is -2.03. The summed E-state index contributed by atoms with van der Waals surface area (Å²) in [5, 5.41) is 12.0. The first-order chi connectivity index (χ1) is 12.8. The molecule has 4 nitrogen and oxygen atoms in total. The van der Waals surface area contributed by atoms with Gasteiger partial charge in [-0.2, -0.15) is 5.10 Å². The Morgan fingerprint density at radius 1 is 0.923 bits per heavy atom. The Hall–Kier alpha value is -3.66. The second kappa shape index (κ2) is 5.43. The van der Waals surface area contributed by atoms with Crippen molar-refractivity contribution < 1.29 is 4.42 Å². The van der Waals surface area contributed by atoms with Gasteiger partial charge in [0.05, 0.1) is 23.5 Å². The van der Waals surface area contributed by atoms with E-state index in [1.54, 1.807) is 24.6 Å². The molecular formula is C22H15N3O. The second-order valence-corrected chi connectivity index (χ2v) is 6.09. The Kier molecular flexibility index (Phi) is 3.06. The number of para-hydroxylation sites is 1. The molecule has 0 aliphatic rings. The van der Waals surface area contributed by atoms with Crippen LogP contribution in [0.15, 0.2) is 72.5 Å². The second-order valence-electron chi connectivity index (χ2n) is 6.09. The highest BCUT2D eigenvalue weighted by Gasteiger charge is 2.19. The zero-order chi connectivity index (χ0) is 17.7. The van der Waals surface area contributed by atoms with Crippen LogP contribution in [0.4, 0.5) is 0 Å². The van der Waals surface area contributed by atoms with E-state index in [4.69, 9.17) is 4.42 Å². The smallest absolute Gasteiger partial charge is 0.168 e. The first-order valence-corrected chi connectivity index (χ1v) is 8.34. The summed E-state index contributed by atoms with van der Waals surface area (Å²) in [6, 6.07) is 14.4. The van der Waals surface area contributed by atoms with Crippen LogP contribution in [0.25, 0.3) is 50.7 Å². The number of fused-ring (bicyclic) bond motifs is 5. The highest BCUT2D eigenvalue weighted by atomic mass is 16.3. The van der Waals surface area contributed by atoms with Gasteiger partial charge in [0.25, 0.3) is 0 Å². The fourth-order valence-electron chi connectivity index (χ4n) is 3.66. The minimum Gasteiger partial charge on any atom is -0.464 e. The molecule has 3 heterocycles. The van der Waals surface area contributed by atoms with E-state index in [2.05, 4.69) is 46.1 Å². The molecule has 0 saturated heterocycles. The molecule has 0 aliphatic heterocycles. The molecule has 5 aromatic rings. The van der Waals surface area contributed by atoms with Crippen LogP contribution in [-0.2, 0) is 0 Å². The number of hydrogen-bond donors (Lipinski definition) is 0. The molecule has 0 saturated carbocycles. The first-order valence-electron chi connectivity index (χ1n) is 8.34. The molecule has 0 atom stereocenters. The predicted molar refractivity (Wildman–Crippen MR) is 106 cm³/mol. The molecule has 26 heavy (non-hydrogen) atoms. The van der Waals surface area contributed by atoms with Gasteiger partial charge in [-0.05, 0) is 24.3 Å². The van der Waals surface area contributed by atoms with Gasteiger partial charge < -0.3 is 4.42 Å². The van der Waals surface area contributed by atoms with Gasteiger partial charge in [-0.3, -0.25) is 4.57 Å². The van der Waals surface area contributed by atoms with Gasteiger partial charge in [-0.25, -0.2) is 0 Å². The van der Waals surface area contributed by atoms with Crippen LogP contribution in [0.3, 0.4) is 0 Å². The van der Waals surface area contributed by atoms with Crippen molar-refractivity contribution in [1.29, 1.82) is 0 Å². The minimum absolute atomic E-state index is 0.734. The number of nitrogens with zero attached hydrogens (tertiary/aromatic N) is 3. The summed E-state index contributed by atoms with van der Waals surface area (Å²) in [6.45, 7) is 7.86. The van der Waals surface area contributed by atoms with E-state index in [1.807, 2.05) is 24.3 Å². The first kappa shape index (κ1) is 14.7. The number of benzene rings is 2. The lowest BCUT2D eigenvalue weighted by atomic mass is 10.1. The molecule has 0 radical (unpaired) electrons. The SMILES string of the molecule is C=Cc1cnnc(-n2c3ccccc3c3ccc4occc4c32)c1C=C. The maximum atomic E-state index is 5.63. The van der Waals surface area contributed by atoms with E-state index < -0.39 is 0 Å². The van der Waals surface area contributed by atoms with Crippen LogP contribution >= 0.6 is 0 Å². The van der Waals surface area contributed by atoms with E-state index in [0.29, 0.717) is 0 Å². The van der Waals surface area contributed by atoms with Crippen molar-refractivity contribution in [3.63, 3.8) is 0 Å². The van der Waals surface area contributed by atoms with E-state index in [1.165, 1.54) is 0 Å². The van der Waals surface area contributed by atoms with Crippen LogP contribution in [0.1, 0.15) is 11.1 Å². The number of rotatable bonds is 3. The van der Waals surface area contributed by atoms with Crippen molar-refractivity contribution in [2.45, 2.75) is 0 Å². The van der Waals surface area contributed by atoms with Gasteiger partial charge in [-0.15, -0.1) is 5.10 Å². The van der Waals surface area contributed by atoms with Crippen molar-refractivity contribution in [2.24, 2.45) is 0 Å². The molecule has 2 aromatic carbocycles. The molecule has 0 bridgehead atoms. The predicted octanol–water partition coefficient (Wildman–Crippen LogP) is 5.61. The highest BCUT2D eigenvalue weighted by Crippen LogP contribution is 2.37. The van der Waals surface area contributed by atoms with Crippen LogP contribution in [0, 0.1) is 0 Å². The van der Waals surface area contributed by atoms with E-state index >= 15 is 0 Å². The maximum absolute atomic E-state index is 5.63. The van der Waals surface area contributed by atoms with Crippen LogP contribution < -0.4 is 0 Å². The van der Waals surface area contributed by atoms with Crippen molar-refractivity contribution in [1.82, 2.24) is 14.8 Å². The van der Waals surface area contributed by atoms with Gasteiger partial charge in [0.15, 0.2) is 5.82 Å². The third kappa shape index (κ3) is 1.84. The Morgan fingerprint density at radius 2 is 1.81 bits per heavy atom. The molecule has 124 valence electrons. The maximum Gasteiger partial charge on any atom is 0.168 e. The minimum atomic E-state index is 0.734. The average Bonchev–Trinajstić information content (AvgIpc) is 3.29. The molecule has 0 spiro atoms. The molecule has 0 N–H and O–H groups in total. The Bertz CT molecular complexity index is 1320. The van der Waals surface area contributed by atoms with Gasteiger partial charge in [0.1, 0.15) is 5.58 Å². The fraction of sp³-hybridized carbons (Fsp3) is 0. The van der Waals surface area contributed by atoms with Gasteiger partial charge in [0.2, 0.25) is 0 Å². The largest absolute Gasteiger partial charge is 0.464 e. The lowest BCUT2D eigenvalue weighted by Gasteiger charge is -2.11. The van der Waals surface area contributed by atoms with Crippen LogP contribution in [-0.4, -0.2) is 14.8 Å². The summed E-state index contributed by atoms with van der Waals surface area (Å²) in [4.78, 5) is 0. The summed E-state index contributed by atoms with van der Waals surface area (Å²) < 4.78 is 7.77. The quantitative estimate of drug-likeness (QED) is 0.430. The fourth-order valence-corrected chi connectivity index (χ4v) is 3.66. The lowest BCUT2D eigenvalue weighted by molar-refractivity contribution is 0.616. The number of aromatic nitrogens is 3. The van der Waals surface area contributed by atoms with E-state index in [-0.39, 0.29) is 0 Å². The molecule has 0 amide bonds. The van der Waals surface area contributed by atoms with Gasteiger partial charge >= 0.3 is 0 Å². The monoisotopic (exact) mass is 337 g/mol. The topological polar surface area (TPSA) is 43.9 Å². The Morgan fingerprint density at radius 3 is 2.65 bits per heavy atom. The summed E-state index contributed by atoms with van der Waals surface area (Å²) in [5.41, 5.74) is 4.76. The Balaban J connectivity index is 2.07. The highest BCUT2D eigenvalue weighted by molar-refractivity contribution is 6.17. The molecule has 0 fully saturated rings. The summed E-state index contributed by atoms with van der Waals surface area (Å²) >= 11 is 0. The molecule has 0 aliphatic carbocycles. The van der Waals surface area contributed by atoms with Gasteiger partial charge in [-0.1, -0.05) is 43.5 Å². The van der Waals surface area contributed by atoms with E-state index in [9.17, 15) is 0 Å². The normalized spacial score (nSPS) is 11.4. The number of furan rings is 1. The molecular weight excluding hydrogens is 322 g/mol. The zero-order valence-corrected chi connectivity index (χ0v) is 14.0. The Labute approximate surface area is 149 Å². The standard InChI is InChI=1S/C22H15N3O/c1-3-14-13-23-24-22(15(14)4-2)25-19-8-6-5-7-16(19)17-9-10-20-18(21(17)25)11-12-26-20/h3-13H,1-2H2. The summed E-state index contributed by atoms with van der Waals surface area (Å²) in [5.74, 6) is 0.734. The molecule has 0 unspecified atom stereocenters. The van der Waals surface area contributed by atoms with Crippen molar-refractivity contribution in [3.05, 3.63) is 79.2 Å². The van der Waals surface area contributed by atoms with Crippen molar-refractivity contribution in [2.75, 3.05) is 0 Å². The summed E-state index contributed by atoms with van der Waals surface area (Å²) in [6.07, 6.45) is 6.99. The van der Waals surface area contributed by atoms with Crippen LogP contribution in [0.2, 0.25) is 0 Å². The molecule has 3 aromatic heterocycles. The zero-order valence-electron chi connectivity index (χ0n) is 14.0. The third-order valence-electron chi connectivity index (χ3n) is 4.80. The molecule has 4 heteroatoms. The van der Waals surface area contributed by atoms with E-state index in [0.717, 1.165) is 49.7 Å². The van der Waals surface area contributed by atoms with Crippen LogP contribution in [0.5, 0.6) is 0 Å². The average molecular weight is 337 g/mol. The van der Waals surface area contributed by atoms with Gasteiger partial charge in [0, 0.05) is 27.3 Å². The number of hydrogen-bond acceptors (Lipinski definition) is 3. The van der Waals surface area contributed by atoms with Crippen molar-refractivity contribution in [3.8, 4) is 5.82 Å². The molecule has 5 rings (SSSR count). The van der Waals surface area contributed by atoms with Crippen molar-refractivity contribution >= 4 is 44.9 Å². The summed E-state index contributed by atoms with van der Waals surface area (Å²) in [7, 11) is 0.